The highest BCUT2D eigenvalue weighted by atomic mass is 16.3. The predicted octanol–water partition coefficient (Wildman–Crippen LogP) is 0.801. The molecule has 2 heterocycles. The van der Waals surface area contributed by atoms with Crippen LogP contribution in [0.2, 0.25) is 0 Å². The Morgan fingerprint density at radius 2 is 1.78 bits per heavy atom. The number of para-hydroxylation sites is 1. The summed E-state index contributed by atoms with van der Waals surface area (Å²) in [5, 5.41) is 22.2. The van der Waals surface area contributed by atoms with Gasteiger partial charge in [-0.1, -0.05) is 37.1 Å². The maximum atomic E-state index is 10.0. The van der Waals surface area contributed by atoms with Crippen LogP contribution in [-0.4, -0.2) is 69.0 Å². The Kier molecular flexibility index (Phi) is 4.88. The van der Waals surface area contributed by atoms with E-state index in [1.54, 1.807) is 4.68 Å². The zero-order chi connectivity index (χ0) is 16.2. The minimum atomic E-state index is -0.267. The van der Waals surface area contributed by atoms with Crippen molar-refractivity contribution < 1.29 is 5.11 Å². The summed E-state index contributed by atoms with van der Waals surface area (Å²) in [7, 11) is 0. The molecule has 0 aliphatic carbocycles. The van der Waals surface area contributed by atoms with E-state index < -0.39 is 0 Å². The van der Waals surface area contributed by atoms with Crippen LogP contribution in [0.15, 0.2) is 30.3 Å². The smallest absolute Gasteiger partial charge is 0.250 e. The van der Waals surface area contributed by atoms with Crippen LogP contribution in [0.4, 0.5) is 5.95 Å². The highest BCUT2D eigenvalue weighted by Gasteiger charge is 2.24. The summed E-state index contributed by atoms with van der Waals surface area (Å²) in [5.41, 5.74) is 0.963. The van der Waals surface area contributed by atoms with E-state index in [-0.39, 0.29) is 6.10 Å². The van der Waals surface area contributed by atoms with Crippen LogP contribution in [0.25, 0.3) is 5.69 Å². The number of β-amino-alcohol motifs (C(OH)–C–C–N with tert-alkyl or cyclic N) is 1. The van der Waals surface area contributed by atoms with Gasteiger partial charge in [0.2, 0.25) is 5.95 Å². The molecule has 23 heavy (non-hydrogen) atoms. The molecular formula is C16H24N6O. The first-order valence-electron chi connectivity index (χ1n) is 8.14. The van der Waals surface area contributed by atoms with Crippen LogP contribution in [0.3, 0.4) is 0 Å². The number of tetrazole rings is 1. The van der Waals surface area contributed by atoms with Crippen molar-refractivity contribution >= 4 is 5.95 Å². The van der Waals surface area contributed by atoms with Crippen molar-refractivity contribution in [3.63, 3.8) is 0 Å². The first kappa shape index (κ1) is 15.9. The number of anilines is 1. The fraction of sp³-hybridized carbons (Fsp3) is 0.562. The van der Waals surface area contributed by atoms with Crippen LogP contribution >= 0.6 is 0 Å². The van der Waals surface area contributed by atoms with Crippen LogP contribution in [0.1, 0.15) is 13.8 Å². The molecule has 1 atom stereocenters. The van der Waals surface area contributed by atoms with Crippen LogP contribution in [0, 0.1) is 5.92 Å². The number of hydrogen-bond acceptors (Lipinski definition) is 6. The average Bonchev–Trinajstić information content (AvgIpc) is 3.06. The molecule has 3 rings (SSSR count). The van der Waals surface area contributed by atoms with Crippen molar-refractivity contribution in [3.8, 4) is 5.69 Å². The lowest BCUT2D eigenvalue weighted by Gasteiger charge is -2.36. The minimum absolute atomic E-state index is 0.267. The standard InChI is InChI=1S/C16H24N6O/c1-13(2)15(23)12-20-8-10-21(11-9-20)16-17-18-19-22(16)14-6-4-3-5-7-14/h3-7,13,15,23H,8-12H2,1-2H3. The van der Waals surface area contributed by atoms with Crippen molar-refractivity contribution in [2.75, 3.05) is 37.6 Å². The molecule has 7 heteroatoms. The summed E-state index contributed by atoms with van der Waals surface area (Å²) in [6, 6.07) is 9.93. The summed E-state index contributed by atoms with van der Waals surface area (Å²) in [6.45, 7) is 8.37. The Labute approximate surface area is 136 Å². The molecule has 0 spiro atoms. The Hall–Kier alpha value is -1.99. The molecule has 7 nitrogen and oxygen atoms in total. The fourth-order valence-corrected chi connectivity index (χ4v) is 2.72. The Morgan fingerprint density at radius 3 is 2.43 bits per heavy atom. The molecule has 1 N–H and O–H groups in total. The fourth-order valence-electron chi connectivity index (χ4n) is 2.72. The van der Waals surface area contributed by atoms with Gasteiger partial charge in [-0.2, -0.15) is 4.68 Å². The van der Waals surface area contributed by atoms with Gasteiger partial charge in [0, 0.05) is 32.7 Å². The van der Waals surface area contributed by atoms with E-state index in [9.17, 15) is 5.11 Å². The van der Waals surface area contributed by atoms with Gasteiger partial charge in [0.25, 0.3) is 0 Å². The lowest BCUT2D eigenvalue weighted by molar-refractivity contribution is 0.0738. The quantitative estimate of drug-likeness (QED) is 0.880. The zero-order valence-electron chi connectivity index (χ0n) is 13.7. The number of nitrogens with zero attached hydrogens (tertiary/aromatic N) is 6. The van der Waals surface area contributed by atoms with Crippen LogP contribution < -0.4 is 4.90 Å². The second-order valence-electron chi connectivity index (χ2n) is 6.33. The highest BCUT2D eigenvalue weighted by molar-refractivity contribution is 5.40. The first-order valence-corrected chi connectivity index (χ1v) is 8.14. The average molecular weight is 316 g/mol. The largest absolute Gasteiger partial charge is 0.392 e. The molecule has 0 radical (unpaired) electrons. The van der Waals surface area contributed by atoms with E-state index in [2.05, 4.69) is 39.2 Å². The molecular weight excluding hydrogens is 292 g/mol. The summed E-state index contributed by atoms with van der Waals surface area (Å²) >= 11 is 0. The number of piperazine rings is 1. The third kappa shape index (κ3) is 3.68. The monoisotopic (exact) mass is 316 g/mol. The molecule has 1 unspecified atom stereocenters. The third-order valence-electron chi connectivity index (χ3n) is 4.32. The first-order chi connectivity index (χ1) is 11.1. The molecule has 0 amide bonds. The molecule has 2 aromatic rings. The van der Waals surface area contributed by atoms with Gasteiger partial charge in [-0.25, -0.2) is 0 Å². The molecule has 0 saturated carbocycles. The van der Waals surface area contributed by atoms with E-state index in [0.29, 0.717) is 5.92 Å². The molecule has 1 aromatic heterocycles. The van der Waals surface area contributed by atoms with Gasteiger partial charge in [0.15, 0.2) is 0 Å². The normalized spacial score (nSPS) is 17.7. The van der Waals surface area contributed by atoms with E-state index in [0.717, 1.165) is 44.4 Å². The molecule has 1 aliphatic heterocycles. The number of aliphatic hydroxyl groups is 1. The van der Waals surface area contributed by atoms with E-state index in [4.69, 9.17) is 0 Å². The Balaban J connectivity index is 1.64. The molecule has 1 fully saturated rings. The van der Waals surface area contributed by atoms with Gasteiger partial charge in [-0.15, -0.1) is 0 Å². The lowest BCUT2D eigenvalue weighted by atomic mass is 10.1. The molecule has 1 saturated heterocycles. The lowest BCUT2D eigenvalue weighted by Crippen LogP contribution is -2.49. The number of benzene rings is 1. The van der Waals surface area contributed by atoms with Crippen LogP contribution in [-0.2, 0) is 0 Å². The van der Waals surface area contributed by atoms with Gasteiger partial charge in [0.1, 0.15) is 0 Å². The number of aliphatic hydroxyl groups excluding tert-OH is 1. The van der Waals surface area contributed by atoms with Crippen molar-refractivity contribution in [1.82, 2.24) is 25.1 Å². The topological polar surface area (TPSA) is 70.3 Å². The van der Waals surface area contributed by atoms with Gasteiger partial charge >= 0.3 is 0 Å². The van der Waals surface area contributed by atoms with Crippen molar-refractivity contribution in [2.24, 2.45) is 5.92 Å². The van der Waals surface area contributed by atoms with Gasteiger partial charge in [0.05, 0.1) is 11.8 Å². The van der Waals surface area contributed by atoms with Crippen molar-refractivity contribution in [1.29, 1.82) is 0 Å². The molecule has 1 aliphatic rings. The maximum Gasteiger partial charge on any atom is 0.250 e. The molecule has 124 valence electrons. The Bertz CT molecular complexity index is 606. The second kappa shape index (κ2) is 7.06. The predicted molar refractivity (Wildman–Crippen MR) is 88.7 cm³/mol. The highest BCUT2D eigenvalue weighted by Crippen LogP contribution is 2.17. The molecule has 0 bridgehead atoms. The summed E-state index contributed by atoms with van der Waals surface area (Å²) in [6.07, 6.45) is -0.267. The third-order valence-corrected chi connectivity index (χ3v) is 4.32. The van der Waals surface area contributed by atoms with E-state index >= 15 is 0 Å². The maximum absolute atomic E-state index is 10.0. The van der Waals surface area contributed by atoms with E-state index in [1.165, 1.54) is 0 Å². The van der Waals surface area contributed by atoms with Gasteiger partial charge in [-0.3, -0.25) is 4.90 Å². The second-order valence-corrected chi connectivity index (χ2v) is 6.33. The number of hydrogen-bond donors (Lipinski definition) is 1. The van der Waals surface area contributed by atoms with Crippen LogP contribution in [0.5, 0.6) is 0 Å². The van der Waals surface area contributed by atoms with Gasteiger partial charge in [-0.05, 0) is 28.5 Å². The summed E-state index contributed by atoms with van der Waals surface area (Å²) < 4.78 is 1.78. The van der Waals surface area contributed by atoms with Gasteiger partial charge < -0.3 is 10.0 Å². The van der Waals surface area contributed by atoms with Crippen molar-refractivity contribution in [3.05, 3.63) is 30.3 Å². The number of rotatable bonds is 5. The van der Waals surface area contributed by atoms with E-state index in [1.807, 2.05) is 30.3 Å². The van der Waals surface area contributed by atoms with Crippen molar-refractivity contribution in [2.45, 2.75) is 20.0 Å². The summed E-state index contributed by atoms with van der Waals surface area (Å²) in [4.78, 5) is 4.50. The SMILES string of the molecule is CC(C)C(O)CN1CCN(c2nnnn2-c2ccccc2)CC1. The summed E-state index contributed by atoms with van der Waals surface area (Å²) in [5.74, 6) is 1.07. The molecule has 1 aromatic carbocycles. The number of aromatic nitrogens is 4. The zero-order valence-corrected chi connectivity index (χ0v) is 13.7. The Morgan fingerprint density at radius 1 is 1.09 bits per heavy atom. The minimum Gasteiger partial charge on any atom is -0.392 e.